The van der Waals surface area contributed by atoms with Crippen LogP contribution in [0.15, 0.2) is 23.0 Å². The molecule has 1 aromatic rings. The van der Waals surface area contributed by atoms with E-state index in [1.54, 1.807) is 18.6 Å². The molecule has 0 bridgehead atoms. The highest BCUT2D eigenvalue weighted by molar-refractivity contribution is 5.93. The normalized spacial score (nSPS) is 48.2. The van der Waals surface area contributed by atoms with Crippen LogP contribution in [0.1, 0.15) is 65.0 Å². The van der Waals surface area contributed by atoms with Crippen LogP contribution in [-0.2, 0) is 33.3 Å². The zero-order chi connectivity index (χ0) is 25.9. The Morgan fingerprint density at radius 3 is 2.53 bits per heavy atom. The van der Waals surface area contributed by atoms with Gasteiger partial charge < -0.3 is 28.5 Å². The van der Waals surface area contributed by atoms with Crippen molar-refractivity contribution in [1.29, 1.82) is 0 Å². The fourth-order valence-corrected chi connectivity index (χ4v) is 9.19. The summed E-state index contributed by atoms with van der Waals surface area (Å²) in [6, 6.07) is 1.78. The number of carbonyl (C=O) groups is 3. The summed E-state index contributed by atoms with van der Waals surface area (Å²) in [5.74, 6) is -1.57. The van der Waals surface area contributed by atoms with E-state index in [2.05, 4.69) is 0 Å². The van der Waals surface area contributed by atoms with Crippen LogP contribution >= 0.6 is 0 Å². The van der Waals surface area contributed by atoms with Crippen LogP contribution in [0.2, 0.25) is 0 Å². The number of hydrogen-bond donors (Lipinski definition) is 1. The lowest BCUT2D eigenvalue weighted by Gasteiger charge is -2.64. The molecular formula is C27H34O9. The first-order valence-electron chi connectivity index (χ1n) is 12.7. The maximum atomic E-state index is 14.3. The van der Waals surface area contributed by atoms with Crippen LogP contribution in [0.4, 0.5) is 0 Å². The molecule has 0 radical (unpaired) electrons. The molecule has 2 aliphatic carbocycles. The average molecular weight is 503 g/mol. The van der Waals surface area contributed by atoms with E-state index in [0.29, 0.717) is 12.8 Å². The van der Waals surface area contributed by atoms with Gasteiger partial charge >= 0.3 is 11.9 Å². The second kappa shape index (κ2) is 7.20. The first kappa shape index (κ1) is 24.1. The van der Waals surface area contributed by atoms with E-state index in [1.807, 2.05) is 27.7 Å². The summed E-state index contributed by atoms with van der Waals surface area (Å²) in [6.45, 7) is 7.53. The number of hydrogen-bond acceptors (Lipinski definition) is 9. The minimum atomic E-state index is -1.09. The van der Waals surface area contributed by atoms with Crippen LogP contribution in [0, 0.1) is 28.1 Å². The molecule has 0 amide bonds. The smallest absolute Gasteiger partial charge is 0.339 e. The Hall–Kier alpha value is -2.23. The van der Waals surface area contributed by atoms with Gasteiger partial charge in [-0.2, -0.15) is 0 Å². The highest BCUT2D eigenvalue weighted by atomic mass is 16.7. The maximum Gasteiger partial charge on any atom is 0.339 e. The number of furan rings is 1. The first-order chi connectivity index (χ1) is 16.9. The number of carbonyl (C=O) groups excluding carboxylic acids is 3. The number of rotatable bonds is 4. The van der Waals surface area contributed by atoms with E-state index < -0.39 is 57.7 Å². The number of methoxy groups -OCH3 is 1. The topological polar surface area (TPSA) is 125 Å². The van der Waals surface area contributed by atoms with E-state index in [9.17, 15) is 19.5 Å². The predicted molar refractivity (Wildman–Crippen MR) is 122 cm³/mol. The van der Waals surface area contributed by atoms with Crippen LogP contribution in [-0.4, -0.2) is 60.0 Å². The van der Waals surface area contributed by atoms with E-state index in [-0.39, 0.29) is 37.1 Å². The lowest BCUT2D eigenvalue weighted by molar-refractivity contribution is -0.218. The number of esters is 2. The summed E-state index contributed by atoms with van der Waals surface area (Å²) in [4.78, 5) is 39.9. The summed E-state index contributed by atoms with van der Waals surface area (Å²) < 4.78 is 29.0. The van der Waals surface area contributed by atoms with Gasteiger partial charge in [-0.3, -0.25) is 9.59 Å². The van der Waals surface area contributed by atoms with E-state index in [0.717, 1.165) is 5.56 Å². The molecule has 2 saturated carbocycles. The number of aliphatic hydroxyl groups is 1. The molecule has 1 spiro atoms. The molecule has 196 valence electrons. The number of ketones is 1. The Morgan fingerprint density at radius 1 is 1.14 bits per heavy atom. The fraction of sp³-hybridized carbons (Fsp3) is 0.741. The Balaban J connectivity index is 1.52. The molecule has 4 heterocycles. The van der Waals surface area contributed by atoms with Crippen molar-refractivity contribution in [1.82, 2.24) is 0 Å². The second-order valence-electron chi connectivity index (χ2n) is 12.3. The standard InChI is InChI=1S/C27H34O9/c1-23(2)16-10-17(29)25(4)15(26(16,13-28)18(35-23)11-19(30)32-5)6-8-24(3)20(14-7-9-33-12-14)34-22(31)21-27(24,25)36-21/h7,9,12,15-16,18,20-21,28H,6,8,10-11,13H2,1-5H3/t15-,16-,18-,20-,21-,24-,25-,26-,27-/m1/s1. The van der Waals surface area contributed by atoms with Crippen molar-refractivity contribution >= 4 is 17.7 Å². The van der Waals surface area contributed by atoms with Gasteiger partial charge in [-0.05, 0) is 45.6 Å². The summed E-state index contributed by atoms with van der Waals surface area (Å²) >= 11 is 0. The third-order valence-electron chi connectivity index (χ3n) is 10.8. The number of Topliss-reactive ketones (excluding diaryl/α,β-unsaturated/α-hetero) is 1. The van der Waals surface area contributed by atoms with Crippen molar-refractivity contribution in [2.45, 2.75) is 82.9 Å². The summed E-state index contributed by atoms with van der Waals surface area (Å²) in [5.41, 5.74) is -3.75. The zero-order valence-corrected chi connectivity index (χ0v) is 21.4. The van der Waals surface area contributed by atoms with Crippen LogP contribution in [0.3, 0.4) is 0 Å². The molecule has 3 aliphatic heterocycles. The monoisotopic (exact) mass is 502 g/mol. The number of ether oxygens (including phenoxy) is 4. The van der Waals surface area contributed by atoms with Crippen molar-refractivity contribution in [2.24, 2.45) is 28.1 Å². The van der Waals surface area contributed by atoms with E-state index in [4.69, 9.17) is 23.4 Å². The summed E-state index contributed by atoms with van der Waals surface area (Å²) in [6.07, 6.45) is 2.31. The van der Waals surface area contributed by atoms with Gasteiger partial charge in [-0.25, -0.2) is 4.79 Å². The Bertz CT molecular complexity index is 1130. The van der Waals surface area contributed by atoms with Crippen LogP contribution in [0.25, 0.3) is 0 Å². The maximum absolute atomic E-state index is 14.3. The lowest BCUT2D eigenvalue weighted by Crippen LogP contribution is -2.72. The third kappa shape index (κ3) is 2.50. The van der Waals surface area contributed by atoms with Gasteiger partial charge in [0.2, 0.25) is 0 Å². The number of cyclic esters (lactones) is 1. The molecule has 1 N–H and O–H groups in total. The number of fused-ring (bicyclic) bond motifs is 3. The molecule has 5 aliphatic rings. The van der Waals surface area contributed by atoms with E-state index in [1.165, 1.54) is 7.11 Å². The minimum absolute atomic E-state index is 0.00559. The Kier molecular flexibility index (Phi) is 4.83. The van der Waals surface area contributed by atoms with Crippen LogP contribution < -0.4 is 0 Å². The highest BCUT2D eigenvalue weighted by Crippen LogP contribution is 2.79. The Morgan fingerprint density at radius 2 is 1.89 bits per heavy atom. The fourth-order valence-electron chi connectivity index (χ4n) is 9.19. The second-order valence-corrected chi connectivity index (χ2v) is 12.3. The molecule has 0 unspecified atom stereocenters. The van der Waals surface area contributed by atoms with Crippen molar-refractivity contribution in [3.05, 3.63) is 24.2 Å². The predicted octanol–water partition coefficient (Wildman–Crippen LogP) is 2.75. The van der Waals surface area contributed by atoms with Gasteiger partial charge in [0.25, 0.3) is 0 Å². The molecule has 9 atom stereocenters. The van der Waals surface area contributed by atoms with E-state index >= 15 is 0 Å². The lowest BCUT2D eigenvalue weighted by atomic mass is 9.37. The van der Waals surface area contributed by atoms with Crippen LogP contribution in [0.5, 0.6) is 0 Å². The van der Waals surface area contributed by atoms with Crippen molar-refractivity contribution in [3.8, 4) is 0 Å². The van der Waals surface area contributed by atoms with Gasteiger partial charge in [0, 0.05) is 28.7 Å². The molecule has 1 aromatic heterocycles. The molecule has 0 aromatic carbocycles. The average Bonchev–Trinajstić information content (AvgIpc) is 3.33. The summed E-state index contributed by atoms with van der Waals surface area (Å²) in [5, 5.41) is 11.1. The first-order valence-corrected chi connectivity index (χ1v) is 12.7. The van der Waals surface area contributed by atoms with Crippen molar-refractivity contribution in [2.75, 3.05) is 13.7 Å². The molecule has 36 heavy (non-hydrogen) atoms. The van der Waals surface area contributed by atoms with Crippen molar-refractivity contribution < 1.29 is 42.9 Å². The van der Waals surface area contributed by atoms with Gasteiger partial charge in [0.15, 0.2) is 6.10 Å². The van der Waals surface area contributed by atoms with Crippen molar-refractivity contribution in [3.63, 3.8) is 0 Å². The quantitative estimate of drug-likeness (QED) is 0.489. The molecule has 3 saturated heterocycles. The third-order valence-corrected chi connectivity index (χ3v) is 10.8. The largest absolute Gasteiger partial charge is 0.472 e. The highest BCUT2D eigenvalue weighted by Gasteiger charge is 2.89. The molecule has 9 nitrogen and oxygen atoms in total. The number of epoxide rings is 1. The molecule has 5 fully saturated rings. The zero-order valence-electron chi connectivity index (χ0n) is 21.4. The van der Waals surface area contributed by atoms with Gasteiger partial charge in [-0.1, -0.05) is 6.92 Å². The van der Waals surface area contributed by atoms with Gasteiger partial charge in [-0.15, -0.1) is 0 Å². The molecule has 6 rings (SSSR count). The molecule has 9 heteroatoms. The van der Waals surface area contributed by atoms with Gasteiger partial charge in [0.05, 0.1) is 49.8 Å². The minimum Gasteiger partial charge on any atom is -0.472 e. The SMILES string of the molecule is COC(=O)C[C@H]1OC(C)(C)[C@H]2CC(=O)[C@@]3(C)[C@@H](CC[C@]4(C)[C@@H](c5ccoc5)OC(=O)[C@H]5O[C@@]534)[C@]21CO. The Labute approximate surface area is 209 Å². The number of aliphatic hydroxyl groups excluding tert-OH is 1. The summed E-state index contributed by atoms with van der Waals surface area (Å²) in [7, 11) is 1.33. The van der Waals surface area contributed by atoms with Gasteiger partial charge in [0.1, 0.15) is 17.5 Å². The molecular weight excluding hydrogens is 468 g/mol.